The van der Waals surface area contributed by atoms with Gasteiger partial charge in [-0.3, -0.25) is 0 Å². The number of hydrogen-bond donors (Lipinski definition) is 3. The lowest BCUT2D eigenvalue weighted by molar-refractivity contribution is 0.274. The number of hydrogen-bond acceptors (Lipinski definition) is 4. The molecule has 0 aliphatic rings. The van der Waals surface area contributed by atoms with Crippen molar-refractivity contribution in [3.8, 4) is 0 Å². The molecule has 0 saturated heterocycles. The summed E-state index contributed by atoms with van der Waals surface area (Å²) in [6.45, 7) is 11.5. The molecule has 0 aliphatic carbocycles. The van der Waals surface area contributed by atoms with E-state index in [2.05, 4.69) is 37.7 Å². The summed E-state index contributed by atoms with van der Waals surface area (Å²) in [6.07, 6.45) is 0. The predicted molar refractivity (Wildman–Crippen MR) is 88.8 cm³/mol. The van der Waals surface area contributed by atoms with Gasteiger partial charge >= 0.3 is 0 Å². The number of rotatable bonds is 6. The van der Waals surface area contributed by atoms with E-state index in [4.69, 9.17) is 5.73 Å². The van der Waals surface area contributed by atoms with Crippen molar-refractivity contribution in [3.05, 3.63) is 18.2 Å². The summed E-state index contributed by atoms with van der Waals surface area (Å²) >= 11 is 0. The van der Waals surface area contributed by atoms with Gasteiger partial charge in [-0.25, -0.2) is 13.1 Å². The first-order valence-electron chi connectivity index (χ1n) is 7.21. The minimum atomic E-state index is -3.46. The summed E-state index contributed by atoms with van der Waals surface area (Å²) in [4.78, 5) is 0.226. The van der Waals surface area contributed by atoms with E-state index >= 15 is 0 Å². The summed E-state index contributed by atoms with van der Waals surface area (Å²) in [5.41, 5.74) is 7.31. The van der Waals surface area contributed by atoms with Gasteiger partial charge in [0.2, 0.25) is 10.0 Å². The van der Waals surface area contributed by atoms with Crippen LogP contribution >= 0.6 is 0 Å². The summed E-state index contributed by atoms with van der Waals surface area (Å²) in [7, 11) is -3.46. The maximum atomic E-state index is 12.0. The zero-order chi connectivity index (χ0) is 16.3. The molecular weight excluding hydrogens is 286 g/mol. The van der Waals surface area contributed by atoms with Crippen LogP contribution in [0.4, 0.5) is 11.4 Å². The number of anilines is 2. The molecule has 0 spiro atoms. The van der Waals surface area contributed by atoms with Crippen LogP contribution in [0.25, 0.3) is 0 Å². The second kappa shape index (κ2) is 6.66. The molecule has 1 unspecified atom stereocenters. The molecule has 1 aromatic rings. The Morgan fingerprint density at radius 1 is 1.29 bits per heavy atom. The van der Waals surface area contributed by atoms with Crippen molar-refractivity contribution in [3.63, 3.8) is 0 Å². The van der Waals surface area contributed by atoms with Gasteiger partial charge < -0.3 is 11.1 Å². The van der Waals surface area contributed by atoms with Crippen LogP contribution in [0, 0.1) is 11.3 Å². The van der Waals surface area contributed by atoms with Gasteiger partial charge in [0.05, 0.1) is 16.3 Å². The molecule has 0 aromatic heterocycles. The predicted octanol–water partition coefficient (Wildman–Crippen LogP) is 2.66. The average Bonchev–Trinajstić information content (AvgIpc) is 2.35. The third-order valence-corrected chi connectivity index (χ3v) is 5.29. The number of nitrogens with two attached hydrogens (primary N) is 1. The molecule has 0 bridgehead atoms. The first-order valence-corrected chi connectivity index (χ1v) is 8.69. The van der Waals surface area contributed by atoms with Gasteiger partial charge in [0, 0.05) is 13.1 Å². The fourth-order valence-corrected chi connectivity index (χ4v) is 2.77. The SMILES string of the molecule is CCNS(=O)(=O)c1ccc(N)c(NCC(C)C(C)(C)C)c1. The van der Waals surface area contributed by atoms with E-state index in [0.717, 1.165) is 6.54 Å². The van der Waals surface area contributed by atoms with Crippen molar-refractivity contribution in [2.45, 2.75) is 39.5 Å². The van der Waals surface area contributed by atoms with E-state index in [1.807, 2.05) is 0 Å². The topological polar surface area (TPSA) is 84.2 Å². The molecule has 0 radical (unpaired) electrons. The highest BCUT2D eigenvalue weighted by Crippen LogP contribution is 2.27. The molecule has 4 N–H and O–H groups in total. The Balaban J connectivity index is 2.94. The Kier molecular flexibility index (Phi) is 5.64. The highest BCUT2D eigenvalue weighted by Gasteiger charge is 2.20. The molecule has 0 amide bonds. The molecule has 21 heavy (non-hydrogen) atoms. The molecule has 5 nitrogen and oxygen atoms in total. The molecule has 1 aromatic carbocycles. The van der Waals surface area contributed by atoms with Gasteiger partial charge in [-0.2, -0.15) is 0 Å². The number of sulfonamides is 1. The summed E-state index contributed by atoms with van der Waals surface area (Å²) < 4.78 is 26.5. The third kappa shape index (κ3) is 4.89. The van der Waals surface area contributed by atoms with Crippen molar-refractivity contribution in [1.82, 2.24) is 4.72 Å². The Morgan fingerprint density at radius 2 is 1.90 bits per heavy atom. The average molecular weight is 313 g/mol. The quantitative estimate of drug-likeness (QED) is 0.705. The molecule has 1 rings (SSSR count). The van der Waals surface area contributed by atoms with E-state index in [1.165, 1.54) is 6.07 Å². The van der Waals surface area contributed by atoms with Crippen molar-refractivity contribution in [2.24, 2.45) is 11.3 Å². The van der Waals surface area contributed by atoms with Crippen LogP contribution in [0.2, 0.25) is 0 Å². The Hall–Kier alpha value is -1.27. The molecule has 6 heteroatoms. The van der Waals surface area contributed by atoms with Crippen LogP contribution in [0.1, 0.15) is 34.6 Å². The highest BCUT2D eigenvalue weighted by atomic mass is 32.2. The van der Waals surface area contributed by atoms with Crippen molar-refractivity contribution >= 4 is 21.4 Å². The van der Waals surface area contributed by atoms with Gasteiger partial charge in [-0.1, -0.05) is 34.6 Å². The van der Waals surface area contributed by atoms with E-state index in [-0.39, 0.29) is 10.3 Å². The van der Waals surface area contributed by atoms with Gasteiger partial charge in [0.1, 0.15) is 0 Å². The van der Waals surface area contributed by atoms with Crippen LogP contribution in [0.15, 0.2) is 23.1 Å². The van der Waals surface area contributed by atoms with Crippen LogP contribution in [0.5, 0.6) is 0 Å². The van der Waals surface area contributed by atoms with Gasteiger partial charge in [-0.05, 0) is 29.5 Å². The first kappa shape index (κ1) is 17.8. The lowest BCUT2D eigenvalue weighted by Crippen LogP contribution is -2.25. The lowest BCUT2D eigenvalue weighted by Gasteiger charge is -2.28. The zero-order valence-corrected chi connectivity index (χ0v) is 14.3. The first-order chi connectivity index (χ1) is 9.58. The summed E-state index contributed by atoms with van der Waals surface area (Å²) in [5.74, 6) is 0.422. The van der Waals surface area contributed by atoms with Crippen LogP contribution < -0.4 is 15.8 Å². The number of nitrogen functional groups attached to an aromatic ring is 1. The van der Waals surface area contributed by atoms with Gasteiger partial charge in [0.25, 0.3) is 0 Å². The van der Waals surface area contributed by atoms with Crippen molar-refractivity contribution in [2.75, 3.05) is 24.1 Å². The Bertz CT molecular complexity index is 577. The highest BCUT2D eigenvalue weighted by molar-refractivity contribution is 7.89. The van der Waals surface area contributed by atoms with Crippen LogP contribution in [0.3, 0.4) is 0 Å². The second-order valence-corrected chi connectivity index (χ2v) is 8.17. The van der Waals surface area contributed by atoms with Gasteiger partial charge in [0.15, 0.2) is 0 Å². The van der Waals surface area contributed by atoms with E-state index in [1.54, 1.807) is 19.1 Å². The van der Waals surface area contributed by atoms with Crippen LogP contribution in [-0.2, 0) is 10.0 Å². The van der Waals surface area contributed by atoms with Crippen molar-refractivity contribution in [1.29, 1.82) is 0 Å². The summed E-state index contributed by atoms with van der Waals surface area (Å²) in [6, 6.07) is 4.72. The molecule has 1 atom stereocenters. The monoisotopic (exact) mass is 313 g/mol. The fraction of sp³-hybridized carbons (Fsp3) is 0.600. The molecule has 0 heterocycles. The molecule has 0 saturated carbocycles. The number of benzene rings is 1. The molecule has 120 valence electrons. The van der Waals surface area contributed by atoms with E-state index in [9.17, 15) is 8.42 Å². The van der Waals surface area contributed by atoms with Crippen molar-refractivity contribution < 1.29 is 8.42 Å². The maximum absolute atomic E-state index is 12.0. The maximum Gasteiger partial charge on any atom is 0.240 e. The van der Waals surface area contributed by atoms with E-state index < -0.39 is 10.0 Å². The largest absolute Gasteiger partial charge is 0.397 e. The lowest BCUT2D eigenvalue weighted by atomic mass is 9.82. The fourth-order valence-electron chi connectivity index (χ4n) is 1.70. The Labute approximate surface area is 128 Å². The Morgan fingerprint density at radius 3 is 2.43 bits per heavy atom. The molecule has 0 aliphatic heterocycles. The molecular formula is C15H27N3O2S. The second-order valence-electron chi connectivity index (χ2n) is 6.40. The van der Waals surface area contributed by atoms with E-state index in [0.29, 0.717) is 23.8 Å². The minimum absolute atomic E-state index is 0.176. The normalized spacial score (nSPS) is 14.0. The zero-order valence-electron chi connectivity index (χ0n) is 13.5. The van der Waals surface area contributed by atoms with Crippen LogP contribution in [-0.4, -0.2) is 21.5 Å². The summed E-state index contributed by atoms with van der Waals surface area (Å²) in [5, 5.41) is 3.26. The molecule has 0 fully saturated rings. The smallest absolute Gasteiger partial charge is 0.240 e. The minimum Gasteiger partial charge on any atom is -0.397 e. The standard InChI is InChI=1S/C15H27N3O2S/c1-6-18-21(19,20)12-7-8-13(16)14(9-12)17-10-11(2)15(3,4)5/h7-9,11,17-18H,6,10,16H2,1-5H3. The number of nitrogens with one attached hydrogen (secondary N) is 2. The third-order valence-electron chi connectivity index (χ3n) is 3.75. The van der Waals surface area contributed by atoms with Gasteiger partial charge in [-0.15, -0.1) is 0 Å².